The van der Waals surface area contributed by atoms with Gasteiger partial charge in [0.1, 0.15) is 5.69 Å². The van der Waals surface area contributed by atoms with Gasteiger partial charge in [-0.05, 0) is 26.3 Å². The summed E-state index contributed by atoms with van der Waals surface area (Å²) in [6.07, 6.45) is 2.07. The lowest BCUT2D eigenvalue weighted by molar-refractivity contribution is -0.384. The van der Waals surface area contributed by atoms with Gasteiger partial charge in [-0.2, -0.15) is 5.10 Å². The van der Waals surface area contributed by atoms with Gasteiger partial charge in [-0.15, -0.1) is 0 Å². The molecule has 1 aromatic rings. The molecule has 1 aliphatic rings. The number of ether oxygens (including phenoxy) is 1. The molecule has 20 heavy (non-hydrogen) atoms. The number of aryl methyl sites for hydroxylation is 2. The van der Waals surface area contributed by atoms with Crippen molar-refractivity contribution in [3.05, 3.63) is 15.8 Å². The summed E-state index contributed by atoms with van der Waals surface area (Å²) in [6, 6.07) is 0. The molecule has 1 fully saturated rings. The molecule has 2 rings (SSSR count). The fourth-order valence-electron chi connectivity index (χ4n) is 2.79. The molecular weight excluding hydrogens is 262 g/mol. The molecule has 2 heterocycles. The Kier molecular flexibility index (Phi) is 4.24. The molecule has 1 aliphatic heterocycles. The fourth-order valence-corrected chi connectivity index (χ4v) is 2.79. The minimum absolute atomic E-state index is 0.0399. The third-order valence-electron chi connectivity index (χ3n) is 3.72. The lowest BCUT2D eigenvalue weighted by Crippen LogP contribution is -2.49. The van der Waals surface area contributed by atoms with Crippen molar-refractivity contribution in [1.29, 1.82) is 0 Å². The first-order valence-corrected chi connectivity index (χ1v) is 6.65. The van der Waals surface area contributed by atoms with Gasteiger partial charge in [-0.1, -0.05) is 0 Å². The summed E-state index contributed by atoms with van der Waals surface area (Å²) >= 11 is 0. The van der Waals surface area contributed by atoms with Crippen LogP contribution in [0.4, 0.5) is 11.5 Å². The second kappa shape index (κ2) is 5.76. The quantitative estimate of drug-likeness (QED) is 0.593. The monoisotopic (exact) mass is 283 g/mol. The predicted octanol–water partition coefficient (Wildman–Crippen LogP) is 0.817. The average molecular weight is 283 g/mol. The molecule has 8 nitrogen and oxygen atoms in total. The van der Waals surface area contributed by atoms with Gasteiger partial charge < -0.3 is 15.4 Å². The van der Waals surface area contributed by atoms with Gasteiger partial charge in [-0.3, -0.25) is 10.1 Å². The van der Waals surface area contributed by atoms with Gasteiger partial charge in [0, 0.05) is 20.7 Å². The smallest absolute Gasteiger partial charge is 0.333 e. The van der Waals surface area contributed by atoms with E-state index in [0.717, 1.165) is 19.4 Å². The zero-order chi connectivity index (χ0) is 14.8. The van der Waals surface area contributed by atoms with E-state index >= 15 is 0 Å². The highest BCUT2D eigenvalue weighted by Gasteiger charge is 2.34. The van der Waals surface area contributed by atoms with Crippen LogP contribution in [0.3, 0.4) is 0 Å². The van der Waals surface area contributed by atoms with Crippen LogP contribution in [0.15, 0.2) is 0 Å². The minimum Gasteiger partial charge on any atom is -0.383 e. The van der Waals surface area contributed by atoms with Crippen LogP contribution in [0.25, 0.3) is 0 Å². The number of nitro groups is 1. The van der Waals surface area contributed by atoms with Crippen LogP contribution in [-0.2, 0) is 11.8 Å². The van der Waals surface area contributed by atoms with Crippen LogP contribution in [0.2, 0.25) is 0 Å². The number of nitrogens with one attached hydrogen (secondary N) is 2. The summed E-state index contributed by atoms with van der Waals surface area (Å²) in [6.45, 7) is 3.73. The van der Waals surface area contributed by atoms with E-state index in [2.05, 4.69) is 15.7 Å². The Hall–Kier alpha value is -1.67. The van der Waals surface area contributed by atoms with E-state index in [1.807, 2.05) is 0 Å². The molecule has 1 atom stereocenters. The molecule has 0 bridgehead atoms. The molecule has 2 N–H and O–H groups in total. The highest BCUT2D eigenvalue weighted by Crippen LogP contribution is 2.28. The first kappa shape index (κ1) is 14.7. The summed E-state index contributed by atoms with van der Waals surface area (Å²) < 4.78 is 6.79. The Labute approximate surface area is 117 Å². The second-order valence-electron chi connectivity index (χ2n) is 5.26. The number of nitrogens with zero attached hydrogens (tertiary/aromatic N) is 3. The Morgan fingerprint density at radius 3 is 2.95 bits per heavy atom. The molecule has 0 aromatic carbocycles. The number of methoxy groups -OCH3 is 1. The summed E-state index contributed by atoms with van der Waals surface area (Å²) in [5, 5.41) is 21.8. The lowest BCUT2D eigenvalue weighted by atomic mass is 9.98. The predicted molar refractivity (Wildman–Crippen MR) is 74.9 cm³/mol. The maximum Gasteiger partial charge on any atom is 0.333 e. The zero-order valence-electron chi connectivity index (χ0n) is 12.1. The highest BCUT2D eigenvalue weighted by atomic mass is 16.6. The molecule has 1 saturated heterocycles. The Balaban J connectivity index is 2.16. The second-order valence-corrected chi connectivity index (χ2v) is 5.26. The van der Waals surface area contributed by atoms with E-state index in [9.17, 15) is 10.1 Å². The van der Waals surface area contributed by atoms with Crippen LogP contribution in [0.1, 0.15) is 18.5 Å². The zero-order valence-corrected chi connectivity index (χ0v) is 12.1. The standard InChI is InChI=1S/C12H21N5O3/c1-9-10(17(18)19)11(16(2)15-9)13-7-12(8-20-3)5-4-6-14-12/h13-14H,4-8H2,1-3H3. The van der Waals surface area contributed by atoms with Crippen molar-refractivity contribution in [2.24, 2.45) is 7.05 Å². The van der Waals surface area contributed by atoms with Crippen LogP contribution >= 0.6 is 0 Å². The van der Waals surface area contributed by atoms with Crippen molar-refractivity contribution < 1.29 is 9.66 Å². The number of hydrogen-bond donors (Lipinski definition) is 2. The van der Waals surface area contributed by atoms with Crippen molar-refractivity contribution in [3.63, 3.8) is 0 Å². The van der Waals surface area contributed by atoms with Crippen molar-refractivity contribution in [1.82, 2.24) is 15.1 Å². The van der Waals surface area contributed by atoms with Crippen molar-refractivity contribution in [3.8, 4) is 0 Å². The summed E-state index contributed by atoms with van der Waals surface area (Å²) in [5.74, 6) is 0.441. The third-order valence-corrected chi connectivity index (χ3v) is 3.72. The molecule has 112 valence electrons. The van der Waals surface area contributed by atoms with Crippen LogP contribution < -0.4 is 10.6 Å². The molecule has 0 radical (unpaired) electrons. The van der Waals surface area contributed by atoms with Crippen molar-refractivity contribution in [2.75, 3.05) is 32.1 Å². The number of anilines is 1. The number of aromatic nitrogens is 2. The summed E-state index contributed by atoms with van der Waals surface area (Å²) in [7, 11) is 3.37. The van der Waals surface area contributed by atoms with Gasteiger partial charge in [-0.25, -0.2) is 4.68 Å². The molecule has 0 amide bonds. The molecule has 0 spiro atoms. The Morgan fingerprint density at radius 2 is 2.40 bits per heavy atom. The third kappa shape index (κ3) is 2.75. The Bertz CT molecular complexity index is 494. The Morgan fingerprint density at radius 1 is 1.65 bits per heavy atom. The molecule has 1 unspecified atom stereocenters. The van der Waals surface area contributed by atoms with E-state index in [1.165, 1.54) is 4.68 Å². The first-order valence-electron chi connectivity index (χ1n) is 6.65. The van der Waals surface area contributed by atoms with Gasteiger partial charge in [0.25, 0.3) is 0 Å². The van der Waals surface area contributed by atoms with Crippen LogP contribution in [-0.4, -0.2) is 47.0 Å². The van der Waals surface area contributed by atoms with Gasteiger partial charge in [0.15, 0.2) is 0 Å². The van der Waals surface area contributed by atoms with E-state index in [1.54, 1.807) is 21.1 Å². The maximum atomic E-state index is 11.1. The van der Waals surface area contributed by atoms with E-state index in [0.29, 0.717) is 24.7 Å². The molecule has 0 aliphatic carbocycles. The molecular formula is C12H21N5O3. The minimum atomic E-state index is -0.393. The molecule has 1 aromatic heterocycles. The summed E-state index contributed by atoms with van der Waals surface area (Å²) in [4.78, 5) is 10.7. The SMILES string of the molecule is COCC1(CNc2c([N+](=O)[O-])c(C)nn2C)CCCN1. The van der Waals surface area contributed by atoms with Crippen LogP contribution in [0.5, 0.6) is 0 Å². The summed E-state index contributed by atoms with van der Waals surface area (Å²) in [5.41, 5.74) is 0.291. The lowest BCUT2D eigenvalue weighted by Gasteiger charge is -2.29. The van der Waals surface area contributed by atoms with Gasteiger partial charge in [0.05, 0.1) is 17.1 Å². The first-order chi connectivity index (χ1) is 9.49. The van der Waals surface area contributed by atoms with Crippen molar-refractivity contribution >= 4 is 11.5 Å². The van der Waals surface area contributed by atoms with Gasteiger partial charge >= 0.3 is 5.69 Å². The molecule has 8 heteroatoms. The van der Waals surface area contributed by atoms with Gasteiger partial charge in [0.2, 0.25) is 5.82 Å². The van der Waals surface area contributed by atoms with Crippen molar-refractivity contribution in [2.45, 2.75) is 25.3 Å². The fraction of sp³-hybridized carbons (Fsp3) is 0.750. The number of rotatable bonds is 6. The normalized spacial score (nSPS) is 22.1. The molecule has 0 saturated carbocycles. The highest BCUT2D eigenvalue weighted by molar-refractivity contribution is 5.59. The van der Waals surface area contributed by atoms with E-state index in [-0.39, 0.29) is 11.2 Å². The van der Waals surface area contributed by atoms with E-state index in [4.69, 9.17) is 4.74 Å². The topological polar surface area (TPSA) is 94.2 Å². The van der Waals surface area contributed by atoms with Crippen LogP contribution in [0, 0.1) is 17.0 Å². The average Bonchev–Trinajstić information content (AvgIpc) is 2.92. The largest absolute Gasteiger partial charge is 0.383 e. The maximum absolute atomic E-state index is 11.1. The number of hydrogen-bond acceptors (Lipinski definition) is 6. The van der Waals surface area contributed by atoms with E-state index < -0.39 is 4.92 Å².